The highest BCUT2D eigenvalue weighted by atomic mass is 16.5. The van der Waals surface area contributed by atoms with Gasteiger partial charge in [0.15, 0.2) is 0 Å². The Morgan fingerprint density at radius 1 is 1.50 bits per heavy atom. The van der Waals surface area contributed by atoms with E-state index in [1.54, 1.807) is 0 Å². The summed E-state index contributed by atoms with van der Waals surface area (Å²) >= 11 is 0. The van der Waals surface area contributed by atoms with Gasteiger partial charge in [-0.05, 0) is 33.7 Å². The summed E-state index contributed by atoms with van der Waals surface area (Å²) in [5.74, 6) is 1.45. The second-order valence-electron chi connectivity index (χ2n) is 4.80. The molecule has 0 aliphatic heterocycles. The molecular formula is C13H22N4O. The minimum atomic E-state index is 0.503. The van der Waals surface area contributed by atoms with Crippen LogP contribution in [0.2, 0.25) is 0 Å². The summed E-state index contributed by atoms with van der Waals surface area (Å²) in [4.78, 5) is 10.7. The van der Waals surface area contributed by atoms with Gasteiger partial charge in [0.2, 0.25) is 5.88 Å². The van der Waals surface area contributed by atoms with Gasteiger partial charge in [-0.2, -0.15) is 0 Å². The van der Waals surface area contributed by atoms with Crippen LogP contribution in [-0.4, -0.2) is 47.2 Å². The maximum Gasteiger partial charge on any atom is 0.218 e. The summed E-state index contributed by atoms with van der Waals surface area (Å²) in [7, 11) is 2.19. The van der Waals surface area contributed by atoms with Gasteiger partial charge in [-0.1, -0.05) is 0 Å². The van der Waals surface area contributed by atoms with Gasteiger partial charge < -0.3 is 10.1 Å². The van der Waals surface area contributed by atoms with Gasteiger partial charge >= 0.3 is 0 Å². The molecule has 1 unspecified atom stereocenters. The highest BCUT2D eigenvalue weighted by Crippen LogP contribution is 2.26. The SMILES string of the molecule is CCOc1cc(NCC(C)N(C)C2CC2)ncn1. The van der Waals surface area contributed by atoms with Gasteiger partial charge in [-0.25, -0.2) is 9.97 Å². The summed E-state index contributed by atoms with van der Waals surface area (Å²) in [6.07, 6.45) is 4.20. The number of nitrogens with one attached hydrogen (secondary N) is 1. The Hall–Kier alpha value is -1.36. The molecule has 1 aliphatic rings. The number of nitrogens with zero attached hydrogens (tertiary/aromatic N) is 3. The molecule has 0 aromatic carbocycles. The number of aromatic nitrogens is 2. The molecule has 0 spiro atoms. The Bertz CT molecular complexity index is 381. The smallest absolute Gasteiger partial charge is 0.218 e. The third-order valence-corrected chi connectivity index (χ3v) is 3.33. The molecule has 5 nitrogen and oxygen atoms in total. The molecule has 0 saturated heterocycles. The normalized spacial score (nSPS) is 16.7. The average Bonchev–Trinajstić information content (AvgIpc) is 3.20. The Morgan fingerprint density at radius 3 is 2.94 bits per heavy atom. The van der Waals surface area contributed by atoms with Crippen molar-refractivity contribution in [3.63, 3.8) is 0 Å². The van der Waals surface area contributed by atoms with Crippen molar-refractivity contribution in [3.05, 3.63) is 12.4 Å². The molecule has 5 heteroatoms. The van der Waals surface area contributed by atoms with Crippen molar-refractivity contribution in [3.8, 4) is 5.88 Å². The van der Waals surface area contributed by atoms with Crippen molar-refractivity contribution in [2.24, 2.45) is 0 Å². The molecule has 1 atom stereocenters. The van der Waals surface area contributed by atoms with Crippen LogP contribution >= 0.6 is 0 Å². The summed E-state index contributed by atoms with van der Waals surface area (Å²) in [5.41, 5.74) is 0. The molecule has 100 valence electrons. The van der Waals surface area contributed by atoms with Crippen molar-refractivity contribution < 1.29 is 4.74 Å². The van der Waals surface area contributed by atoms with Gasteiger partial charge in [0.05, 0.1) is 6.61 Å². The monoisotopic (exact) mass is 250 g/mol. The van der Waals surface area contributed by atoms with Crippen LogP contribution in [0.1, 0.15) is 26.7 Å². The van der Waals surface area contributed by atoms with Crippen LogP contribution in [0.3, 0.4) is 0 Å². The van der Waals surface area contributed by atoms with Crippen molar-refractivity contribution in [1.29, 1.82) is 0 Å². The third kappa shape index (κ3) is 3.57. The van der Waals surface area contributed by atoms with Crippen molar-refractivity contribution in [2.45, 2.75) is 38.8 Å². The lowest BCUT2D eigenvalue weighted by Gasteiger charge is -2.24. The molecule has 18 heavy (non-hydrogen) atoms. The van der Waals surface area contributed by atoms with E-state index in [-0.39, 0.29) is 0 Å². The summed E-state index contributed by atoms with van der Waals surface area (Å²) < 4.78 is 5.35. The van der Waals surface area contributed by atoms with E-state index in [1.165, 1.54) is 19.2 Å². The topological polar surface area (TPSA) is 50.3 Å². The molecule has 1 fully saturated rings. The molecule has 1 aromatic heterocycles. The standard InChI is InChI=1S/C13H22N4O/c1-4-18-13-7-12(15-9-16-13)14-8-10(2)17(3)11-5-6-11/h7,9-11H,4-6,8H2,1-3H3,(H,14,15,16). The van der Waals surface area contributed by atoms with Gasteiger partial charge in [0.1, 0.15) is 12.1 Å². The molecule has 1 heterocycles. The predicted octanol–water partition coefficient (Wildman–Crippen LogP) is 1.77. The van der Waals surface area contributed by atoms with E-state index in [0.29, 0.717) is 18.5 Å². The lowest BCUT2D eigenvalue weighted by atomic mass is 10.3. The zero-order chi connectivity index (χ0) is 13.0. The number of hydrogen-bond acceptors (Lipinski definition) is 5. The van der Waals surface area contributed by atoms with Gasteiger partial charge in [0, 0.05) is 24.7 Å². The largest absolute Gasteiger partial charge is 0.478 e. The van der Waals surface area contributed by atoms with Crippen LogP contribution in [0.25, 0.3) is 0 Å². The van der Waals surface area contributed by atoms with Gasteiger partial charge in [-0.15, -0.1) is 0 Å². The fourth-order valence-electron chi connectivity index (χ4n) is 1.90. The fraction of sp³-hybridized carbons (Fsp3) is 0.692. The first kappa shape index (κ1) is 13.1. The van der Waals surface area contributed by atoms with E-state index < -0.39 is 0 Å². The number of likely N-dealkylation sites (N-methyl/N-ethyl adjacent to an activating group) is 1. The lowest BCUT2D eigenvalue weighted by molar-refractivity contribution is 0.257. The molecule has 1 N–H and O–H groups in total. The zero-order valence-electron chi connectivity index (χ0n) is 11.4. The van der Waals surface area contributed by atoms with Crippen LogP contribution in [0.5, 0.6) is 5.88 Å². The summed E-state index contributed by atoms with van der Waals surface area (Å²) in [6.45, 7) is 5.69. The van der Waals surface area contributed by atoms with E-state index in [0.717, 1.165) is 18.4 Å². The number of ether oxygens (including phenoxy) is 1. The minimum Gasteiger partial charge on any atom is -0.478 e. The third-order valence-electron chi connectivity index (χ3n) is 3.33. The predicted molar refractivity (Wildman–Crippen MR) is 71.9 cm³/mol. The van der Waals surface area contributed by atoms with Crippen LogP contribution in [0, 0.1) is 0 Å². The Labute approximate surface area is 109 Å². The molecule has 1 saturated carbocycles. The van der Waals surface area contributed by atoms with E-state index in [1.807, 2.05) is 13.0 Å². The van der Waals surface area contributed by atoms with E-state index >= 15 is 0 Å². The van der Waals surface area contributed by atoms with Crippen molar-refractivity contribution >= 4 is 5.82 Å². The Kier molecular flexibility index (Phi) is 4.36. The van der Waals surface area contributed by atoms with E-state index in [4.69, 9.17) is 4.74 Å². The van der Waals surface area contributed by atoms with E-state index in [9.17, 15) is 0 Å². The second kappa shape index (κ2) is 6.00. The quantitative estimate of drug-likeness (QED) is 0.799. The average molecular weight is 250 g/mol. The maximum atomic E-state index is 5.35. The lowest BCUT2D eigenvalue weighted by Crippen LogP contribution is -2.36. The zero-order valence-corrected chi connectivity index (χ0v) is 11.4. The molecule has 0 bridgehead atoms. The number of rotatable bonds is 7. The number of hydrogen-bond donors (Lipinski definition) is 1. The Balaban J connectivity index is 1.83. The van der Waals surface area contributed by atoms with Crippen LogP contribution in [0.15, 0.2) is 12.4 Å². The summed E-state index contributed by atoms with van der Waals surface area (Å²) in [6, 6.07) is 3.13. The highest BCUT2D eigenvalue weighted by molar-refractivity contribution is 5.37. The molecule has 1 aliphatic carbocycles. The Morgan fingerprint density at radius 2 is 2.28 bits per heavy atom. The van der Waals surface area contributed by atoms with Gasteiger partial charge in [0.25, 0.3) is 0 Å². The van der Waals surface area contributed by atoms with Crippen LogP contribution < -0.4 is 10.1 Å². The van der Waals surface area contributed by atoms with E-state index in [2.05, 4.69) is 34.2 Å². The second-order valence-corrected chi connectivity index (χ2v) is 4.80. The maximum absolute atomic E-state index is 5.35. The van der Waals surface area contributed by atoms with Crippen LogP contribution in [-0.2, 0) is 0 Å². The van der Waals surface area contributed by atoms with Crippen molar-refractivity contribution in [1.82, 2.24) is 14.9 Å². The molecule has 0 radical (unpaired) electrons. The fourth-order valence-corrected chi connectivity index (χ4v) is 1.90. The first-order chi connectivity index (χ1) is 8.70. The molecule has 2 rings (SSSR count). The first-order valence-electron chi connectivity index (χ1n) is 6.61. The summed E-state index contributed by atoms with van der Waals surface area (Å²) in [5, 5.41) is 3.33. The van der Waals surface area contributed by atoms with Crippen molar-refractivity contribution in [2.75, 3.05) is 25.5 Å². The van der Waals surface area contributed by atoms with Crippen LogP contribution in [0.4, 0.5) is 5.82 Å². The number of anilines is 1. The minimum absolute atomic E-state index is 0.503. The van der Waals surface area contributed by atoms with Gasteiger partial charge in [-0.3, -0.25) is 4.90 Å². The molecule has 1 aromatic rings. The highest BCUT2D eigenvalue weighted by Gasteiger charge is 2.28. The first-order valence-corrected chi connectivity index (χ1v) is 6.61. The molecule has 0 amide bonds. The molecular weight excluding hydrogens is 228 g/mol.